The maximum absolute atomic E-state index is 14.6. The van der Waals surface area contributed by atoms with Gasteiger partial charge < -0.3 is 5.32 Å². The van der Waals surface area contributed by atoms with Crippen LogP contribution >= 0.6 is 0 Å². The zero-order valence-electron chi connectivity index (χ0n) is 13.7. The molecule has 1 atom stereocenters. The molecule has 114 valence electrons. The Morgan fingerprint density at radius 2 is 1.86 bits per heavy atom. The Hall–Kier alpha value is -1.68. The normalized spacial score (nSPS) is 12.7. The third-order valence-electron chi connectivity index (χ3n) is 4.03. The minimum atomic E-state index is -0.163. The van der Waals surface area contributed by atoms with Gasteiger partial charge in [0, 0.05) is 23.9 Å². The third-order valence-corrected chi connectivity index (χ3v) is 4.03. The summed E-state index contributed by atoms with van der Waals surface area (Å²) >= 11 is 0. The number of nitrogens with one attached hydrogen (secondary N) is 1. The van der Waals surface area contributed by atoms with E-state index in [1.165, 1.54) is 0 Å². The molecule has 1 N–H and O–H groups in total. The van der Waals surface area contributed by atoms with Crippen LogP contribution in [0.2, 0.25) is 0 Å². The summed E-state index contributed by atoms with van der Waals surface area (Å²) in [5.74, 6) is -0.152. The van der Waals surface area contributed by atoms with E-state index in [0.29, 0.717) is 0 Å². The van der Waals surface area contributed by atoms with Crippen LogP contribution in [0.1, 0.15) is 46.6 Å². The van der Waals surface area contributed by atoms with Gasteiger partial charge >= 0.3 is 0 Å². The first kappa shape index (κ1) is 15.7. The van der Waals surface area contributed by atoms with Crippen molar-refractivity contribution in [1.82, 2.24) is 15.1 Å². The van der Waals surface area contributed by atoms with Gasteiger partial charge in [-0.25, -0.2) is 4.39 Å². The van der Waals surface area contributed by atoms with Gasteiger partial charge in [0.15, 0.2) is 0 Å². The predicted octanol–water partition coefficient (Wildman–Crippen LogP) is 3.49. The van der Waals surface area contributed by atoms with E-state index in [1.807, 2.05) is 52.4 Å². The van der Waals surface area contributed by atoms with Crippen molar-refractivity contribution in [1.29, 1.82) is 0 Å². The van der Waals surface area contributed by atoms with Crippen molar-refractivity contribution in [3.05, 3.63) is 51.6 Å². The summed E-state index contributed by atoms with van der Waals surface area (Å²) in [4.78, 5) is 0. The van der Waals surface area contributed by atoms with Crippen molar-refractivity contribution in [2.45, 2.75) is 40.7 Å². The lowest BCUT2D eigenvalue weighted by molar-refractivity contribution is 0.552. The number of halogens is 1. The Bertz CT molecular complexity index is 635. The van der Waals surface area contributed by atoms with E-state index in [0.717, 1.165) is 40.2 Å². The van der Waals surface area contributed by atoms with Crippen LogP contribution in [0.3, 0.4) is 0 Å². The second kappa shape index (κ2) is 5.98. The molecule has 0 saturated heterocycles. The van der Waals surface area contributed by atoms with Crippen LogP contribution in [-0.2, 0) is 7.05 Å². The largest absolute Gasteiger partial charge is 0.306 e. The van der Waals surface area contributed by atoms with E-state index in [-0.39, 0.29) is 11.9 Å². The number of aromatic nitrogens is 2. The molecule has 0 aliphatic heterocycles. The second-order valence-electron chi connectivity index (χ2n) is 5.68. The van der Waals surface area contributed by atoms with Crippen molar-refractivity contribution in [3.8, 4) is 0 Å². The SMILES string of the molecule is CCNC(c1c(C)cc(C)cc1F)c1c(C)nn(C)c1C. The van der Waals surface area contributed by atoms with Gasteiger partial charge in [-0.1, -0.05) is 13.0 Å². The molecule has 0 bridgehead atoms. The molecule has 4 heteroatoms. The molecule has 2 rings (SSSR count). The molecule has 3 nitrogen and oxygen atoms in total. The van der Waals surface area contributed by atoms with Gasteiger partial charge in [0.05, 0.1) is 11.7 Å². The first-order valence-electron chi connectivity index (χ1n) is 7.36. The molecule has 1 heterocycles. The minimum absolute atomic E-state index is 0.152. The molecule has 1 unspecified atom stereocenters. The highest BCUT2D eigenvalue weighted by molar-refractivity contribution is 5.42. The van der Waals surface area contributed by atoms with Crippen molar-refractivity contribution in [2.24, 2.45) is 7.05 Å². The monoisotopic (exact) mass is 289 g/mol. The Morgan fingerprint density at radius 1 is 1.19 bits per heavy atom. The number of nitrogens with zero attached hydrogens (tertiary/aromatic N) is 2. The van der Waals surface area contributed by atoms with Crippen molar-refractivity contribution >= 4 is 0 Å². The molecule has 2 aromatic rings. The average Bonchev–Trinajstić information content (AvgIpc) is 2.61. The highest BCUT2D eigenvalue weighted by Crippen LogP contribution is 2.31. The predicted molar refractivity (Wildman–Crippen MR) is 84.1 cm³/mol. The third kappa shape index (κ3) is 2.86. The number of benzene rings is 1. The van der Waals surface area contributed by atoms with E-state index in [1.54, 1.807) is 6.07 Å². The fourth-order valence-electron chi connectivity index (χ4n) is 3.05. The number of rotatable bonds is 4. The Kier molecular flexibility index (Phi) is 4.47. The molecular weight excluding hydrogens is 265 g/mol. The lowest BCUT2D eigenvalue weighted by Gasteiger charge is -2.22. The van der Waals surface area contributed by atoms with E-state index in [4.69, 9.17) is 0 Å². The lowest BCUT2D eigenvalue weighted by Crippen LogP contribution is -2.25. The highest BCUT2D eigenvalue weighted by Gasteiger charge is 2.25. The molecule has 1 aromatic heterocycles. The Balaban J connectivity index is 2.65. The highest BCUT2D eigenvalue weighted by atomic mass is 19.1. The summed E-state index contributed by atoms with van der Waals surface area (Å²) in [5.41, 5.74) is 5.73. The maximum atomic E-state index is 14.6. The summed E-state index contributed by atoms with van der Waals surface area (Å²) in [6.07, 6.45) is 0. The summed E-state index contributed by atoms with van der Waals surface area (Å²) in [6, 6.07) is 3.47. The molecule has 0 aliphatic rings. The van der Waals surface area contributed by atoms with E-state index < -0.39 is 0 Å². The number of hydrogen-bond acceptors (Lipinski definition) is 2. The first-order valence-corrected chi connectivity index (χ1v) is 7.36. The standard InChI is InChI=1S/C17H24FN3/c1-7-19-17(16-12(4)20-21(6)13(16)5)15-11(3)8-10(2)9-14(15)18/h8-9,17,19H,7H2,1-6H3. The lowest BCUT2D eigenvalue weighted by atomic mass is 9.92. The van der Waals surface area contributed by atoms with E-state index in [2.05, 4.69) is 10.4 Å². The van der Waals surface area contributed by atoms with Crippen molar-refractivity contribution in [3.63, 3.8) is 0 Å². The van der Waals surface area contributed by atoms with Gasteiger partial charge in [0.2, 0.25) is 0 Å². The first-order chi connectivity index (χ1) is 9.86. The second-order valence-corrected chi connectivity index (χ2v) is 5.68. The van der Waals surface area contributed by atoms with Crippen LogP contribution < -0.4 is 5.32 Å². The zero-order valence-corrected chi connectivity index (χ0v) is 13.7. The van der Waals surface area contributed by atoms with Crippen LogP contribution in [0.5, 0.6) is 0 Å². The molecule has 1 aromatic carbocycles. The molecule has 0 radical (unpaired) electrons. The minimum Gasteiger partial charge on any atom is -0.306 e. The molecule has 0 saturated carbocycles. The van der Waals surface area contributed by atoms with Gasteiger partial charge in [-0.3, -0.25) is 4.68 Å². The van der Waals surface area contributed by atoms with Crippen molar-refractivity contribution in [2.75, 3.05) is 6.54 Å². The molecule has 21 heavy (non-hydrogen) atoms. The Labute approximate surface area is 126 Å². The van der Waals surface area contributed by atoms with Gasteiger partial charge in [0.1, 0.15) is 5.82 Å². The molecule has 0 amide bonds. The van der Waals surface area contributed by atoms with Crippen LogP contribution in [0.15, 0.2) is 12.1 Å². The summed E-state index contributed by atoms with van der Waals surface area (Å²) in [5, 5.41) is 7.89. The maximum Gasteiger partial charge on any atom is 0.128 e. The van der Waals surface area contributed by atoms with Gasteiger partial charge in [0.25, 0.3) is 0 Å². The fraction of sp³-hybridized carbons (Fsp3) is 0.471. The van der Waals surface area contributed by atoms with Crippen LogP contribution in [0, 0.1) is 33.5 Å². The fourth-order valence-corrected chi connectivity index (χ4v) is 3.05. The number of aryl methyl sites for hydroxylation is 4. The summed E-state index contributed by atoms with van der Waals surface area (Å²) < 4.78 is 16.4. The van der Waals surface area contributed by atoms with Gasteiger partial charge in [-0.05, 0) is 51.4 Å². The quantitative estimate of drug-likeness (QED) is 0.933. The van der Waals surface area contributed by atoms with E-state index >= 15 is 0 Å². The van der Waals surface area contributed by atoms with Gasteiger partial charge in [-0.2, -0.15) is 5.10 Å². The average molecular weight is 289 g/mol. The van der Waals surface area contributed by atoms with Gasteiger partial charge in [-0.15, -0.1) is 0 Å². The topological polar surface area (TPSA) is 29.9 Å². The summed E-state index contributed by atoms with van der Waals surface area (Å²) in [7, 11) is 1.92. The van der Waals surface area contributed by atoms with Crippen LogP contribution in [0.25, 0.3) is 0 Å². The Morgan fingerprint density at radius 3 is 2.33 bits per heavy atom. The van der Waals surface area contributed by atoms with Crippen LogP contribution in [-0.4, -0.2) is 16.3 Å². The molecule has 0 fully saturated rings. The van der Waals surface area contributed by atoms with Crippen molar-refractivity contribution < 1.29 is 4.39 Å². The summed E-state index contributed by atoms with van der Waals surface area (Å²) in [6.45, 7) is 10.7. The molecule has 0 spiro atoms. The van der Waals surface area contributed by atoms with E-state index in [9.17, 15) is 4.39 Å². The molecule has 0 aliphatic carbocycles. The smallest absolute Gasteiger partial charge is 0.128 e. The molecular formula is C17H24FN3. The number of hydrogen-bond donors (Lipinski definition) is 1. The zero-order chi connectivity index (χ0) is 15.7. The van der Waals surface area contributed by atoms with Crippen LogP contribution in [0.4, 0.5) is 4.39 Å².